The van der Waals surface area contributed by atoms with E-state index in [0.717, 1.165) is 28.1 Å². The molecule has 8 nitrogen and oxygen atoms in total. The van der Waals surface area contributed by atoms with Crippen LogP contribution in [0.15, 0.2) is 40.9 Å². The quantitative estimate of drug-likeness (QED) is 0.509. The standard InChI is InChI=1S/C21H21N5O3/c1-12-8-13(2)10-16(9-12)26-14(3)19(23-25-26)21-22-20(24-29-21)15-6-7-17(27-4)18(11-15)28-5/h6-11H,1-5H3. The van der Waals surface area contributed by atoms with Gasteiger partial charge in [0.1, 0.15) is 0 Å². The van der Waals surface area contributed by atoms with Crippen LogP contribution in [0.1, 0.15) is 16.8 Å². The van der Waals surface area contributed by atoms with E-state index in [1.165, 1.54) is 0 Å². The Labute approximate surface area is 168 Å². The Morgan fingerprint density at radius 3 is 2.31 bits per heavy atom. The van der Waals surface area contributed by atoms with E-state index in [9.17, 15) is 0 Å². The van der Waals surface area contributed by atoms with E-state index >= 15 is 0 Å². The maximum atomic E-state index is 5.46. The number of ether oxygens (including phenoxy) is 2. The summed E-state index contributed by atoms with van der Waals surface area (Å²) < 4.78 is 17.8. The first-order valence-corrected chi connectivity index (χ1v) is 9.07. The minimum atomic E-state index is 0.308. The van der Waals surface area contributed by atoms with E-state index in [2.05, 4.69) is 52.5 Å². The van der Waals surface area contributed by atoms with Gasteiger partial charge in [-0.3, -0.25) is 0 Å². The molecule has 4 rings (SSSR count). The van der Waals surface area contributed by atoms with Crippen molar-refractivity contribution in [2.75, 3.05) is 14.2 Å². The van der Waals surface area contributed by atoms with Crippen LogP contribution in [-0.2, 0) is 0 Å². The van der Waals surface area contributed by atoms with Gasteiger partial charge in [-0.25, -0.2) is 4.68 Å². The molecule has 0 aliphatic carbocycles. The minimum absolute atomic E-state index is 0.308. The number of methoxy groups -OCH3 is 2. The third-order valence-corrected chi connectivity index (χ3v) is 4.62. The second-order valence-corrected chi connectivity index (χ2v) is 6.77. The highest BCUT2D eigenvalue weighted by atomic mass is 16.5. The third kappa shape index (κ3) is 3.44. The summed E-state index contributed by atoms with van der Waals surface area (Å²) in [5.41, 5.74) is 5.37. The first-order valence-electron chi connectivity index (χ1n) is 9.07. The molecule has 2 heterocycles. The monoisotopic (exact) mass is 391 g/mol. The van der Waals surface area contributed by atoms with E-state index in [-0.39, 0.29) is 0 Å². The van der Waals surface area contributed by atoms with Gasteiger partial charge in [0.05, 0.1) is 25.6 Å². The van der Waals surface area contributed by atoms with Gasteiger partial charge in [-0.1, -0.05) is 16.4 Å². The van der Waals surface area contributed by atoms with Crippen molar-refractivity contribution in [3.63, 3.8) is 0 Å². The molecule has 2 aromatic carbocycles. The molecule has 0 bridgehead atoms. The molecular weight excluding hydrogens is 370 g/mol. The topological polar surface area (TPSA) is 88.1 Å². The molecule has 0 aliphatic heterocycles. The molecule has 0 amide bonds. The Hall–Kier alpha value is -3.68. The summed E-state index contributed by atoms with van der Waals surface area (Å²) in [5.74, 6) is 1.96. The van der Waals surface area contributed by atoms with E-state index in [4.69, 9.17) is 14.0 Å². The molecule has 0 unspecified atom stereocenters. The van der Waals surface area contributed by atoms with Crippen LogP contribution in [0.2, 0.25) is 0 Å². The molecule has 0 fully saturated rings. The fourth-order valence-electron chi connectivity index (χ4n) is 3.26. The number of nitrogens with zero attached hydrogens (tertiary/aromatic N) is 5. The van der Waals surface area contributed by atoms with Gasteiger partial charge >= 0.3 is 0 Å². The summed E-state index contributed by atoms with van der Waals surface area (Å²) in [7, 11) is 3.17. The Bertz CT molecular complexity index is 1160. The molecule has 0 radical (unpaired) electrons. The fraction of sp³-hybridized carbons (Fsp3) is 0.238. The first-order chi connectivity index (χ1) is 14.0. The molecule has 2 aromatic heterocycles. The average Bonchev–Trinajstić information content (AvgIpc) is 3.33. The summed E-state index contributed by atoms with van der Waals surface area (Å²) >= 11 is 0. The van der Waals surface area contributed by atoms with Crippen LogP contribution < -0.4 is 9.47 Å². The zero-order chi connectivity index (χ0) is 20.5. The molecule has 0 saturated heterocycles. The molecule has 8 heteroatoms. The molecule has 0 spiro atoms. The predicted octanol–water partition coefficient (Wildman–Crippen LogP) is 3.93. The van der Waals surface area contributed by atoms with Crippen molar-refractivity contribution >= 4 is 0 Å². The zero-order valence-corrected chi connectivity index (χ0v) is 16.9. The summed E-state index contributed by atoms with van der Waals surface area (Å²) in [4.78, 5) is 4.49. The highest BCUT2D eigenvalue weighted by molar-refractivity contribution is 5.63. The van der Waals surface area contributed by atoms with E-state index in [1.807, 2.05) is 13.0 Å². The average molecular weight is 391 g/mol. The summed E-state index contributed by atoms with van der Waals surface area (Å²) in [6, 6.07) is 11.7. The zero-order valence-electron chi connectivity index (χ0n) is 16.9. The fourth-order valence-corrected chi connectivity index (χ4v) is 3.26. The number of rotatable bonds is 5. The maximum absolute atomic E-state index is 5.46. The summed E-state index contributed by atoms with van der Waals surface area (Å²) in [5, 5.41) is 12.6. The van der Waals surface area contributed by atoms with Crippen LogP contribution in [0, 0.1) is 20.8 Å². The molecule has 0 aliphatic rings. The van der Waals surface area contributed by atoms with Gasteiger partial charge in [-0.05, 0) is 62.2 Å². The van der Waals surface area contributed by atoms with E-state index in [0.29, 0.717) is 28.9 Å². The Balaban J connectivity index is 1.70. The van der Waals surface area contributed by atoms with Crippen LogP contribution in [0.4, 0.5) is 0 Å². The van der Waals surface area contributed by atoms with Crippen molar-refractivity contribution in [2.24, 2.45) is 0 Å². The second-order valence-electron chi connectivity index (χ2n) is 6.77. The predicted molar refractivity (Wildman–Crippen MR) is 107 cm³/mol. The number of hydrogen-bond acceptors (Lipinski definition) is 7. The lowest BCUT2D eigenvalue weighted by Gasteiger charge is -2.07. The second kappa shape index (κ2) is 7.38. The highest BCUT2D eigenvalue weighted by Gasteiger charge is 2.20. The van der Waals surface area contributed by atoms with Crippen molar-refractivity contribution in [3.8, 4) is 40.2 Å². The van der Waals surface area contributed by atoms with Gasteiger partial charge in [0.15, 0.2) is 17.2 Å². The third-order valence-electron chi connectivity index (χ3n) is 4.62. The van der Waals surface area contributed by atoms with E-state index in [1.54, 1.807) is 31.0 Å². The van der Waals surface area contributed by atoms with Gasteiger partial charge in [0.25, 0.3) is 5.89 Å². The minimum Gasteiger partial charge on any atom is -0.493 e. The molecule has 29 heavy (non-hydrogen) atoms. The van der Waals surface area contributed by atoms with Crippen LogP contribution in [0.5, 0.6) is 11.5 Å². The Kier molecular flexibility index (Phi) is 4.75. The Morgan fingerprint density at radius 2 is 1.62 bits per heavy atom. The molecule has 0 N–H and O–H groups in total. The highest BCUT2D eigenvalue weighted by Crippen LogP contribution is 2.32. The maximum Gasteiger partial charge on any atom is 0.280 e. The molecule has 0 saturated carbocycles. The van der Waals surface area contributed by atoms with Gasteiger partial charge in [0.2, 0.25) is 5.82 Å². The lowest BCUT2D eigenvalue weighted by molar-refractivity contribution is 0.355. The van der Waals surface area contributed by atoms with Gasteiger partial charge < -0.3 is 14.0 Å². The SMILES string of the molecule is COc1ccc(-c2noc(-c3nnn(-c4cc(C)cc(C)c4)c3C)n2)cc1OC. The van der Waals surface area contributed by atoms with Crippen LogP contribution >= 0.6 is 0 Å². The number of benzene rings is 2. The van der Waals surface area contributed by atoms with Crippen molar-refractivity contribution in [1.29, 1.82) is 0 Å². The Morgan fingerprint density at radius 1 is 0.897 bits per heavy atom. The normalized spacial score (nSPS) is 10.9. The van der Waals surface area contributed by atoms with Crippen molar-refractivity contribution in [2.45, 2.75) is 20.8 Å². The molecule has 148 valence electrons. The molecular formula is C21H21N5O3. The van der Waals surface area contributed by atoms with Crippen LogP contribution in [0.3, 0.4) is 0 Å². The lowest BCUT2D eigenvalue weighted by atomic mass is 10.1. The van der Waals surface area contributed by atoms with Gasteiger partial charge in [-0.15, -0.1) is 5.10 Å². The van der Waals surface area contributed by atoms with Crippen LogP contribution in [0.25, 0.3) is 28.7 Å². The first kappa shape index (κ1) is 18.7. The molecule has 0 atom stereocenters. The van der Waals surface area contributed by atoms with Crippen LogP contribution in [-0.4, -0.2) is 39.4 Å². The summed E-state index contributed by atoms with van der Waals surface area (Å²) in [6.07, 6.45) is 0. The number of aryl methyl sites for hydroxylation is 2. The largest absolute Gasteiger partial charge is 0.493 e. The van der Waals surface area contributed by atoms with Crippen molar-refractivity contribution in [3.05, 3.63) is 53.2 Å². The lowest BCUT2D eigenvalue weighted by Crippen LogP contribution is -2.00. The molecule has 4 aromatic rings. The number of aromatic nitrogens is 5. The van der Waals surface area contributed by atoms with E-state index < -0.39 is 0 Å². The van der Waals surface area contributed by atoms with Gasteiger partial charge in [0, 0.05) is 5.56 Å². The number of hydrogen-bond donors (Lipinski definition) is 0. The smallest absolute Gasteiger partial charge is 0.280 e. The van der Waals surface area contributed by atoms with Gasteiger partial charge in [-0.2, -0.15) is 4.98 Å². The summed E-state index contributed by atoms with van der Waals surface area (Å²) in [6.45, 7) is 6.03. The van der Waals surface area contributed by atoms with Crippen molar-refractivity contribution in [1.82, 2.24) is 25.1 Å². The van der Waals surface area contributed by atoms with Crippen molar-refractivity contribution < 1.29 is 14.0 Å².